The van der Waals surface area contributed by atoms with Crippen LogP contribution >= 0.6 is 0 Å². The Kier molecular flexibility index (Phi) is 3.54. The quantitative estimate of drug-likeness (QED) is 0.861. The standard InChI is InChI=1S/C14H15N5O/c20-14(7-11-3-1-2-4-11)18-12-5-6-13(16-8-12)19-10-15-9-17-19/h1,3,5-6,8-11H,2,4,7H2,(H,18,20). The molecule has 6 nitrogen and oxygen atoms in total. The highest BCUT2D eigenvalue weighted by atomic mass is 16.1. The van der Waals surface area contributed by atoms with Crippen LogP contribution in [0.15, 0.2) is 43.1 Å². The number of amides is 1. The van der Waals surface area contributed by atoms with Gasteiger partial charge in [-0.25, -0.2) is 14.6 Å². The monoisotopic (exact) mass is 269 g/mol. The molecule has 0 spiro atoms. The molecule has 1 atom stereocenters. The molecule has 2 heterocycles. The third kappa shape index (κ3) is 2.90. The van der Waals surface area contributed by atoms with Gasteiger partial charge >= 0.3 is 0 Å². The van der Waals surface area contributed by atoms with Gasteiger partial charge in [-0.3, -0.25) is 4.79 Å². The fraction of sp³-hybridized carbons (Fsp3) is 0.286. The molecule has 3 rings (SSSR count). The molecule has 0 aromatic carbocycles. The highest BCUT2D eigenvalue weighted by molar-refractivity contribution is 5.90. The molecule has 1 aliphatic carbocycles. The Labute approximate surface area is 116 Å². The third-order valence-electron chi connectivity index (χ3n) is 3.25. The predicted molar refractivity (Wildman–Crippen MR) is 74.3 cm³/mol. The van der Waals surface area contributed by atoms with Gasteiger partial charge in [0.15, 0.2) is 5.82 Å². The van der Waals surface area contributed by atoms with E-state index in [4.69, 9.17) is 0 Å². The lowest BCUT2D eigenvalue weighted by Crippen LogP contribution is -2.15. The molecule has 1 unspecified atom stereocenters. The Bertz CT molecular complexity index is 603. The van der Waals surface area contributed by atoms with Gasteiger partial charge in [-0.15, -0.1) is 0 Å². The van der Waals surface area contributed by atoms with E-state index in [2.05, 4.69) is 32.5 Å². The molecule has 1 N–H and O–H groups in total. The molecule has 1 aliphatic rings. The highest BCUT2D eigenvalue weighted by Crippen LogP contribution is 2.21. The van der Waals surface area contributed by atoms with Crippen molar-refractivity contribution in [2.75, 3.05) is 5.32 Å². The van der Waals surface area contributed by atoms with Crippen LogP contribution in [0.3, 0.4) is 0 Å². The summed E-state index contributed by atoms with van der Waals surface area (Å²) in [6.07, 6.45) is 11.6. The summed E-state index contributed by atoms with van der Waals surface area (Å²) >= 11 is 0. The van der Waals surface area contributed by atoms with Crippen LogP contribution in [0.1, 0.15) is 19.3 Å². The summed E-state index contributed by atoms with van der Waals surface area (Å²) in [5, 5.41) is 6.85. The molecule has 0 saturated carbocycles. The lowest BCUT2D eigenvalue weighted by molar-refractivity contribution is -0.116. The van der Waals surface area contributed by atoms with E-state index >= 15 is 0 Å². The molecule has 0 fully saturated rings. The number of carbonyl (C=O) groups excluding carboxylic acids is 1. The molecular weight excluding hydrogens is 254 g/mol. The zero-order valence-corrected chi connectivity index (χ0v) is 10.9. The van der Waals surface area contributed by atoms with E-state index in [0.29, 0.717) is 23.8 Å². The minimum absolute atomic E-state index is 0.0249. The third-order valence-corrected chi connectivity index (χ3v) is 3.25. The first-order valence-electron chi connectivity index (χ1n) is 6.59. The number of nitrogens with zero attached hydrogens (tertiary/aromatic N) is 4. The van der Waals surface area contributed by atoms with Crippen molar-refractivity contribution < 1.29 is 4.79 Å². The van der Waals surface area contributed by atoms with E-state index in [-0.39, 0.29) is 5.91 Å². The van der Waals surface area contributed by atoms with Crippen LogP contribution in [0.2, 0.25) is 0 Å². The van der Waals surface area contributed by atoms with E-state index in [1.807, 2.05) is 6.07 Å². The van der Waals surface area contributed by atoms with Crippen molar-refractivity contribution in [3.63, 3.8) is 0 Å². The first-order chi connectivity index (χ1) is 9.81. The molecule has 0 aliphatic heterocycles. The first-order valence-corrected chi connectivity index (χ1v) is 6.59. The summed E-state index contributed by atoms with van der Waals surface area (Å²) in [7, 11) is 0. The smallest absolute Gasteiger partial charge is 0.225 e. The van der Waals surface area contributed by atoms with Crippen LogP contribution in [0, 0.1) is 5.92 Å². The van der Waals surface area contributed by atoms with Crippen LogP contribution in [0.5, 0.6) is 0 Å². The molecule has 2 aromatic rings. The second-order valence-electron chi connectivity index (χ2n) is 4.76. The van der Waals surface area contributed by atoms with E-state index in [1.54, 1.807) is 23.3 Å². The number of anilines is 1. The van der Waals surface area contributed by atoms with Crippen LogP contribution < -0.4 is 5.32 Å². The average molecular weight is 269 g/mol. The Balaban J connectivity index is 1.60. The summed E-state index contributed by atoms with van der Waals surface area (Å²) in [5.74, 6) is 1.06. The zero-order valence-electron chi connectivity index (χ0n) is 10.9. The van der Waals surface area contributed by atoms with Crippen molar-refractivity contribution in [3.8, 4) is 5.82 Å². The van der Waals surface area contributed by atoms with E-state index < -0.39 is 0 Å². The number of hydrogen-bond acceptors (Lipinski definition) is 4. The molecule has 20 heavy (non-hydrogen) atoms. The van der Waals surface area contributed by atoms with Crippen molar-refractivity contribution in [1.82, 2.24) is 19.7 Å². The second-order valence-corrected chi connectivity index (χ2v) is 4.76. The topological polar surface area (TPSA) is 72.7 Å². The molecule has 2 aromatic heterocycles. The van der Waals surface area contributed by atoms with Gasteiger partial charge in [-0.1, -0.05) is 12.2 Å². The SMILES string of the molecule is O=C(CC1C=CCC1)Nc1ccc(-n2cncn2)nc1. The summed E-state index contributed by atoms with van der Waals surface area (Å²) in [4.78, 5) is 20.0. The number of hydrogen-bond donors (Lipinski definition) is 1. The van der Waals surface area contributed by atoms with E-state index in [1.165, 1.54) is 6.33 Å². The fourth-order valence-corrected chi connectivity index (χ4v) is 2.24. The highest BCUT2D eigenvalue weighted by Gasteiger charge is 2.14. The Hall–Kier alpha value is -2.50. The molecule has 0 saturated heterocycles. The lowest BCUT2D eigenvalue weighted by atomic mass is 10.1. The Morgan fingerprint density at radius 2 is 2.40 bits per heavy atom. The fourth-order valence-electron chi connectivity index (χ4n) is 2.24. The normalized spacial score (nSPS) is 17.3. The summed E-state index contributed by atoms with van der Waals surface area (Å²) in [6, 6.07) is 3.60. The van der Waals surface area contributed by atoms with Crippen molar-refractivity contribution >= 4 is 11.6 Å². The number of allylic oxidation sites excluding steroid dienone is 2. The van der Waals surface area contributed by atoms with Gasteiger partial charge in [0.2, 0.25) is 5.91 Å². The van der Waals surface area contributed by atoms with Gasteiger partial charge in [0.05, 0.1) is 11.9 Å². The van der Waals surface area contributed by atoms with Crippen molar-refractivity contribution in [2.24, 2.45) is 5.92 Å². The van der Waals surface area contributed by atoms with E-state index in [0.717, 1.165) is 12.8 Å². The van der Waals surface area contributed by atoms with Gasteiger partial charge in [0.25, 0.3) is 0 Å². The molecular formula is C14H15N5O. The van der Waals surface area contributed by atoms with Crippen LogP contribution in [0.25, 0.3) is 5.82 Å². The zero-order chi connectivity index (χ0) is 13.8. The molecule has 0 radical (unpaired) electrons. The second kappa shape index (κ2) is 5.64. The Morgan fingerprint density at radius 1 is 1.45 bits per heavy atom. The summed E-state index contributed by atoms with van der Waals surface area (Å²) < 4.78 is 1.56. The minimum atomic E-state index is 0.0249. The van der Waals surface area contributed by atoms with Crippen molar-refractivity contribution in [3.05, 3.63) is 43.1 Å². The van der Waals surface area contributed by atoms with Gasteiger partial charge < -0.3 is 5.32 Å². The van der Waals surface area contributed by atoms with Gasteiger partial charge in [0.1, 0.15) is 12.7 Å². The maximum absolute atomic E-state index is 11.9. The maximum Gasteiger partial charge on any atom is 0.225 e. The van der Waals surface area contributed by atoms with Crippen molar-refractivity contribution in [1.29, 1.82) is 0 Å². The molecule has 0 bridgehead atoms. The van der Waals surface area contributed by atoms with Crippen LogP contribution in [0.4, 0.5) is 5.69 Å². The summed E-state index contributed by atoms with van der Waals surface area (Å²) in [5.41, 5.74) is 0.695. The summed E-state index contributed by atoms with van der Waals surface area (Å²) in [6.45, 7) is 0. The number of rotatable bonds is 4. The maximum atomic E-state index is 11.9. The Morgan fingerprint density at radius 3 is 3.05 bits per heavy atom. The van der Waals surface area contributed by atoms with Crippen molar-refractivity contribution in [2.45, 2.75) is 19.3 Å². The first kappa shape index (κ1) is 12.5. The molecule has 1 amide bonds. The van der Waals surface area contributed by atoms with Crippen LogP contribution in [-0.2, 0) is 4.79 Å². The lowest BCUT2D eigenvalue weighted by Gasteiger charge is -2.08. The predicted octanol–water partition coefficient (Wildman–Crippen LogP) is 1.96. The molecule has 102 valence electrons. The largest absolute Gasteiger partial charge is 0.325 e. The van der Waals surface area contributed by atoms with Crippen LogP contribution in [-0.4, -0.2) is 25.7 Å². The minimum Gasteiger partial charge on any atom is -0.325 e. The number of nitrogens with one attached hydrogen (secondary N) is 1. The average Bonchev–Trinajstić information content (AvgIpc) is 3.12. The van der Waals surface area contributed by atoms with E-state index in [9.17, 15) is 4.79 Å². The van der Waals surface area contributed by atoms with Gasteiger partial charge in [0, 0.05) is 6.42 Å². The number of pyridine rings is 1. The van der Waals surface area contributed by atoms with Gasteiger partial charge in [-0.05, 0) is 30.9 Å². The number of aromatic nitrogens is 4. The molecule has 6 heteroatoms. The van der Waals surface area contributed by atoms with Gasteiger partial charge in [-0.2, -0.15) is 5.10 Å². The number of carbonyl (C=O) groups is 1.